The summed E-state index contributed by atoms with van der Waals surface area (Å²) in [7, 11) is 0. The number of likely N-dealkylation sites (tertiary alicyclic amines) is 1. The number of ether oxygens (including phenoxy) is 1. The van der Waals surface area contributed by atoms with Crippen molar-refractivity contribution in [3.63, 3.8) is 0 Å². The molecule has 0 bridgehead atoms. The molecule has 2 heterocycles. The van der Waals surface area contributed by atoms with Gasteiger partial charge in [0.05, 0.1) is 6.04 Å². The van der Waals surface area contributed by atoms with Crippen LogP contribution in [0.3, 0.4) is 0 Å². The molecule has 2 fully saturated rings. The largest absolute Gasteiger partial charge is 0.462 e. The lowest BCUT2D eigenvalue weighted by Gasteiger charge is -2.42. The van der Waals surface area contributed by atoms with E-state index in [4.69, 9.17) is 4.74 Å². The van der Waals surface area contributed by atoms with Crippen molar-refractivity contribution in [2.45, 2.75) is 78.5 Å². The summed E-state index contributed by atoms with van der Waals surface area (Å²) in [5, 5.41) is 3.32. The third kappa shape index (κ3) is 6.19. The zero-order valence-electron chi connectivity index (χ0n) is 18.1. The van der Waals surface area contributed by atoms with E-state index in [1.54, 1.807) is 0 Å². The number of piperazine rings is 1. The van der Waals surface area contributed by atoms with E-state index < -0.39 is 6.04 Å². The van der Waals surface area contributed by atoms with E-state index in [0.29, 0.717) is 50.7 Å². The molecule has 0 saturated carbocycles. The standard InChI is InChI=1S/C21H37N3O4/c1-14(2)12-18-20(26)24(11-8-22-18)19(13-15(3)4)21(27)23-9-6-17(7-10-23)28-16(5)25/h14-15,17-19,22H,6-13H2,1-5H3/t18-,19?/m0/s1. The highest BCUT2D eigenvalue weighted by atomic mass is 16.5. The number of hydrogen-bond donors (Lipinski definition) is 1. The lowest BCUT2D eigenvalue weighted by Crippen LogP contribution is -2.62. The molecule has 1 N–H and O–H groups in total. The fraction of sp³-hybridized carbons (Fsp3) is 0.857. The normalized spacial score (nSPS) is 22.7. The van der Waals surface area contributed by atoms with Crippen LogP contribution in [0.4, 0.5) is 0 Å². The Morgan fingerprint density at radius 3 is 2.29 bits per heavy atom. The average Bonchev–Trinajstić information content (AvgIpc) is 2.61. The van der Waals surface area contributed by atoms with Crippen LogP contribution in [0.2, 0.25) is 0 Å². The molecule has 0 aromatic rings. The van der Waals surface area contributed by atoms with Gasteiger partial charge in [0.25, 0.3) is 0 Å². The van der Waals surface area contributed by atoms with Crippen molar-refractivity contribution in [1.82, 2.24) is 15.1 Å². The molecule has 2 rings (SSSR count). The van der Waals surface area contributed by atoms with Crippen LogP contribution in [-0.2, 0) is 19.1 Å². The van der Waals surface area contributed by atoms with Crippen molar-refractivity contribution in [3.8, 4) is 0 Å². The van der Waals surface area contributed by atoms with Crippen LogP contribution in [0, 0.1) is 11.8 Å². The maximum Gasteiger partial charge on any atom is 0.302 e. The van der Waals surface area contributed by atoms with Gasteiger partial charge in [-0.05, 0) is 24.7 Å². The van der Waals surface area contributed by atoms with Crippen LogP contribution in [-0.4, -0.2) is 72.0 Å². The Balaban J connectivity index is 2.07. The van der Waals surface area contributed by atoms with Gasteiger partial charge in [0.1, 0.15) is 12.1 Å². The molecule has 0 aromatic heterocycles. The fourth-order valence-corrected chi connectivity index (χ4v) is 4.17. The second-order valence-corrected chi connectivity index (χ2v) is 8.95. The summed E-state index contributed by atoms with van der Waals surface area (Å²) >= 11 is 0. The van der Waals surface area contributed by atoms with Crippen LogP contribution in [0.1, 0.15) is 60.3 Å². The van der Waals surface area contributed by atoms with Gasteiger partial charge < -0.3 is 19.9 Å². The monoisotopic (exact) mass is 395 g/mol. The SMILES string of the molecule is CC(=O)OC1CCN(C(=O)C(CC(C)C)N2CCN[C@@H](CC(C)C)C2=O)CC1. The van der Waals surface area contributed by atoms with Crippen molar-refractivity contribution < 1.29 is 19.1 Å². The molecule has 2 atom stereocenters. The Morgan fingerprint density at radius 2 is 1.75 bits per heavy atom. The second kappa shape index (κ2) is 10.2. The predicted octanol–water partition coefficient (Wildman–Crippen LogP) is 1.80. The van der Waals surface area contributed by atoms with Gasteiger partial charge in [0.15, 0.2) is 0 Å². The molecule has 2 saturated heterocycles. The highest BCUT2D eigenvalue weighted by Gasteiger charge is 2.39. The molecular formula is C21H37N3O4. The number of amides is 2. The zero-order chi connectivity index (χ0) is 20.8. The zero-order valence-corrected chi connectivity index (χ0v) is 18.1. The number of piperidine rings is 1. The van der Waals surface area contributed by atoms with Crippen molar-refractivity contribution in [2.24, 2.45) is 11.8 Å². The molecule has 0 aliphatic carbocycles. The minimum atomic E-state index is -0.408. The van der Waals surface area contributed by atoms with Crippen LogP contribution in [0.15, 0.2) is 0 Å². The van der Waals surface area contributed by atoms with Crippen molar-refractivity contribution >= 4 is 17.8 Å². The van der Waals surface area contributed by atoms with Crippen LogP contribution in [0.5, 0.6) is 0 Å². The Morgan fingerprint density at radius 1 is 1.11 bits per heavy atom. The summed E-state index contributed by atoms with van der Waals surface area (Å²) in [5.41, 5.74) is 0. The molecule has 160 valence electrons. The third-order valence-electron chi connectivity index (χ3n) is 5.47. The highest BCUT2D eigenvalue weighted by molar-refractivity contribution is 5.90. The topological polar surface area (TPSA) is 79.0 Å². The number of carbonyl (C=O) groups is 3. The first kappa shape index (κ1) is 22.7. The van der Waals surface area contributed by atoms with Gasteiger partial charge in [-0.25, -0.2) is 0 Å². The van der Waals surface area contributed by atoms with Gasteiger partial charge in [-0.3, -0.25) is 14.4 Å². The predicted molar refractivity (Wildman–Crippen MR) is 108 cm³/mol. The first-order chi connectivity index (χ1) is 13.2. The maximum atomic E-state index is 13.3. The second-order valence-electron chi connectivity index (χ2n) is 8.95. The Labute approximate surface area is 169 Å². The van der Waals surface area contributed by atoms with Crippen LogP contribution in [0.25, 0.3) is 0 Å². The average molecular weight is 396 g/mol. The number of nitrogens with zero attached hydrogens (tertiary/aromatic N) is 2. The molecule has 0 spiro atoms. The number of esters is 1. The van der Waals surface area contributed by atoms with Gasteiger partial charge in [-0.1, -0.05) is 27.7 Å². The van der Waals surface area contributed by atoms with E-state index in [0.717, 1.165) is 13.0 Å². The number of carbonyl (C=O) groups excluding carboxylic acids is 3. The Kier molecular flexibility index (Phi) is 8.28. The molecule has 2 aliphatic rings. The molecular weight excluding hydrogens is 358 g/mol. The molecule has 7 nitrogen and oxygen atoms in total. The molecule has 28 heavy (non-hydrogen) atoms. The smallest absolute Gasteiger partial charge is 0.302 e. The lowest BCUT2D eigenvalue weighted by molar-refractivity contribution is -0.154. The van der Waals surface area contributed by atoms with Crippen LogP contribution >= 0.6 is 0 Å². The number of rotatable bonds is 7. The van der Waals surface area contributed by atoms with E-state index in [-0.39, 0.29) is 29.9 Å². The fourth-order valence-electron chi connectivity index (χ4n) is 4.17. The molecule has 1 unspecified atom stereocenters. The van der Waals surface area contributed by atoms with E-state index in [2.05, 4.69) is 33.0 Å². The minimum Gasteiger partial charge on any atom is -0.462 e. The van der Waals surface area contributed by atoms with Crippen molar-refractivity contribution in [3.05, 3.63) is 0 Å². The quantitative estimate of drug-likeness (QED) is 0.665. The van der Waals surface area contributed by atoms with Gasteiger partial charge in [-0.15, -0.1) is 0 Å². The van der Waals surface area contributed by atoms with Gasteiger partial charge in [0, 0.05) is 45.9 Å². The summed E-state index contributed by atoms with van der Waals surface area (Å²) in [6, 6.07) is -0.611. The van der Waals surface area contributed by atoms with Gasteiger partial charge in [-0.2, -0.15) is 0 Å². The first-order valence-electron chi connectivity index (χ1n) is 10.7. The molecule has 0 aromatic carbocycles. The summed E-state index contributed by atoms with van der Waals surface area (Å²) in [6.07, 6.45) is 2.66. The van der Waals surface area contributed by atoms with Crippen molar-refractivity contribution in [2.75, 3.05) is 26.2 Å². The Hall–Kier alpha value is -1.63. The third-order valence-corrected chi connectivity index (χ3v) is 5.47. The summed E-state index contributed by atoms with van der Waals surface area (Å²) in [5.74, 6) is 0.548. The van der Waals surface area contributed by atoms with E-state index >= 15 is 0 Å². The lowest BCUT2D eigenvalue weighted by atomic mass is 9.95. The number of nitrogens with one attached hydrogen (secondary N) is 1. The Bertz CT molecular complexity index is 556. The molecule has 0 radical (unpaired) electrons. The van der Waals surface area contributed by atoms with Crippen molar-refractivity contribution in [1.29, 1.82) is 0 Å². The highest BCUT2D eigenvalue weighted by Crippen LogP contribution is 2.22. The summed E-state index contributed by atoms with van der Waals surface area (Å²) in [4.78, 5) is 41.2. The minimum absolute atomic E-state index is 0.0357. The number of hydrogen-bond acceptors (Lipinski definition) is 5. The van der Waals surface area contributed by atoms with Crippen LogP contribution < -0.4 is 5.32 Å². The summed E-state index contributed by atoms with van der Waals surface area (Å²) in [6.45, 7) is 12.2. The van der Waals surface area contributed by atoms with Gasteiger partial charge >= 0.3 is 5.97 Å². The molecule has 2 aliphatic heterocycles. The van der Waals surface area contributed by atoms with Gasteiger partial charge in [0.2, 0.25) is 11.8 Å². The van der Waals surface area contributed by atoms with E-state index in [1.807, 2.05) is 9.80 Å². The summed E-state index contributed by atoms with van der Waals surface area (Å²) < 4.78 is 5.28. The molecule has 7 heteroatoms. The maximum absolute atomic E-state index is 13.3. The van der Waals surface area contributed by atoms with E-state index in [9.17, 15) is 14.4 Å². The molecule has 2 amide bonds. The van der Waals surface area contributed by atoms with E-state index in [1.165, 1.54) is 6.92 Å². The first-order valence-corrected chi connectivity index (χ1v) is 10.7.